The average molecular weight is 559 g/mol. The first-order valence-corrected chi connectivity index (χ1v) is 12.6. The molecule has 0 aliphatic rings. The van der Waals surface area contributed by atoms with Crippen LogP contribution in [0.4, 0.5) is 10.1 Å². The van der Waals surface area contributed by atoms with Gasteiger partial charge in [0.25, 0.3) is 0 Å². The molecule has 0 radical (unpaired) electrons. The summed E-state index contributed by atoms with van der Waals surface area (Å²) in [5.74, 6) is -0.903. The Morgan fingerprint density at radius 2 is 1.22 bits per heavy atom. The highest BCUT2D eigenvalue weighted by molar-refractivity contribution is 14.1. The van der Waals surface area contributed by atoms with Crippen LogP contribution < -0.4 is 14.4 Å². The van der Waals surface area contributed by atoms with Crippen molar-refractivity contribution >= 4 is 35.9 Å². The van der Waals surface area contributed by atoms with Crippen molar-refractivity contribution in [2.75, 3.05) is 5.32 Å². The fourth-order valence-corrected chi connectivity index (χ4v) is 5.60. The molecule has 1 N–H and O–H groups in total. The Morgan fingerprint density at radius 1 is 0.719 bits per heavy atom. The van der Waals surface area contributed by atoms with Crippen LogP contribution in [0.2, 0.25) is 0 Å². The SMILES string of the molecule is O=P(Oc1ccccc1)(Oc1ccccc1)[C@H](Nc1ccccc1I)c1ccccc1F. The van der Waals surface area contributed by atoms with Crippen molar-refractivity contribution < 1.29 is 18.0 Å². The van der Waals surface area contributed by atoms with E-state index in [0.717, 1.165) is 3.57 Å². The van der Waals surface area contributed by atoms with Gasteiger partial charge >= 0.3 is 7.60 Å². The summed E-state index contributed by atoms with van der Waals surface area (Å²) in [7, 11) is -4.06. The van der Waals surface area contributed by atoms with E-state index in [1.54, 1.807) is 66.7 Å². The predicted molar refractivity (Wildman–Crippen MR) is 134 cm³/mol. The maximum absolute atomic E-state index is 15.0. The van der Waals surface area contributed by atoms with E-state index < -0.39 is 19.2 Å². The third-order valence-corrected chi connectivity index (χ3v) is 7.54. The lowest BCUT2D eigenvalue weighted by Crippen LogP contribution is -2.19. The fraction of sp³-hybridized carbons (Fsp3) is 0.0400. The summed E-state index contributed by atoms with van der Waals surface area (Å²) in [6, 6.07) is 31.2. The highest BCUT2D eigenvalue weighted by Gasteiger charge is 2.42. The zero-order valence-corrected chi connectivity index (χ0v) is 19.9. The molecule has 0 aliphatic carbocycles. The van der Waals surface area contributed by atoms with Gasteiger partial charge in [0.05, 0.1) is 0 Å². The quantitative estimate of drug-likeness (QED) is 0.176. The molecule has 0 unspecified atom stereocenters. The molecule has 0 bridgehead atoms. The van der Waals surface area contributed by atoms with Crippen LogP contribution in [-0.2, 0) is 4.57 Å². The van der Waals surface area contributed by atoms with Gasteiger partial charge in [-0.25, -0.2) is 8.96 Å². The van der Waals surface area contributed by atoms with Gasteiger partial charge in [-0.2, -0.15) is 0 Å². The van der Waals surface area contributed by atoms with Crippen LogP contribution in [0.1, 0.15) is 11.3 Å². The highest BCUT2D eigenvalue weighted by Crippen LogP contribution is 2.60. The molecule has 0 fully saturated rings. The number of nitrogens with one attached hydrogen (secondary N) is 1. The lowest BCUT2D eigenvalue weighted by molar-refractivity contribution is 0.375. The zero-order chi connectivity index (χ0) is 22.4. The molecule has 0 aliphatic heterocycles. The van der Waals surface area contributed by atoms with Crippen molar-refractivity contribution in [3.63, 3.8) is 0 Å². The van der Waals surface area contributed by atoms with Crippen LogP contribution in [-0.4, -0.2) is 0 Å². The summed E-state index contributed by atoms with van der Waals surface area (Å²) in [5.41, 5.74) is 0.872. The fourth-order valence-electron chi connectivity index (χ4n) is 3.13. The molecule has 0 amide bonds. The van der Waals surface area contributed by atoms with E-state index in [9.17, 15) is 8.96 Å². The summed E-state index contributed by atoms with van der Waals surface area (Å²) >= 11 is 2.17. The lowest BCUT2D eigenvalue weighted by atomic mass is 10.2. The molecular weight excluding hydrogens is 539 g/mol. The first-order chi connectivity index (χ1) is 15.5. The first kappa shape index (κ1) is 22.4. The van der Waals surface area contributed by atoms with Crippen LogP contribution in [0.25, 0.3) is 0 Å². The standard InChI is InChI=1S/C25H20FINO3P/c26-22-16-8-7-15-21(22)25(28-24-18-10-9-17-23(24)27)32(29,30-19-11-3-1-4-12-19)31-20-13-5-2-6-14-20/h1-18,25,28H/t25-/m0/s1. The van der Waals surface area contributed by atoms with Gasteiger partial charge in [0, 0.05) is 14.8 Å². The van der Waals surface area contributed by atoms with E-state index >= 15 is 0 Å². The maximum atomic E-state index is 15.0. The van der Waals surface area contributed by atoms with E-state index in [2.05, 4.69) is 27.9 Å². The Hall–Kier alpha value is -2.83. The van der Waals surface area contributed by atoms with Crippen molar-refractivity contribution in [2.45, 2.75) is 5.78 Å². The molecule has 162 valence electrons. The van der Waals surface area contributed by atoms with Crippen molar-refractivity contribution in [1.82, 2.24) is 0 Å². The van der Waals surface area contributed by atoms with Gasteiger partial charge in [-0.15, -0.1) is 0 Å². The second kappa shape index (κ2) is 10.2. The first-order valence-electron chi connectivity index (χ1n) is 9.90. The molecule has 0 aromatic heterocycles. The largest absolute Gasteiger partial charge is 0.457 e. The Morgan fingerprint density at radius 3 is 1.78 bits per heavy atom. The summed E-state index contributed by atoms with van der Waals surface area (Å²) < 4.78 is 42.3. The van der Waals surface area contributed by atoms with Crippen molar-refractivity contribution in [2.24, 2.45) is 0 Å². The minimum Gasteiger partial charge on any atom is -0.414 e. The van der Waals surface area contributed by atoms with Crippen LogP contribution in [0.5, 0.6) is 11.5 Å². The van der Waals surface area contributed by atoms with Crippen molar-refractivity contribution in [3.8, 4) is 11.5 Å². The minimum atomic E-state index is -4.06. The number of hydrogen-bond donors (Lipinski definition) is 1. The van der Waals surface area contributed by atoms with Crippen LogP contribution >= 0.6 is 30.2 Å². The molecule has 4 aromatic carbocycles. The number of anilines is 1. The van der Waals surface area contributed by atoms with E-state index in [1.165, 1.54) is 6.07 Å². The monoisotopic (exact) mass is 559 g/mol. The van der Waals surface area contributed by atoms with E-state index in [4.69, 9.17) is 9.05 Å². The molecule has 4 aromatic rings. The highest BCUT2D eigenvalue weighted by atomic mass is 127. The van der Waals surface area contributed by atoms with Gasteiger partial charge in [-0.05, 0) is 65.1 Å². The molecule has 0 saturated carbocycles. The summed E-state index contributed by atoms with van der Waals surface area (Å²) in [6.45, 7) is 0. The van der Waals surface area contributed by atoms with Gasteiger partial charge in [0.15, 0.2) is 5.78 Å². The third-order valence-electron chi connectivity index (χ3n) is 4.63. The third kappa shape index (κ3) is 5.31. The molecule has 0 saturated heterocycles. The Kier molecular flexibility index (Phi) is 7.12. The Labute approximate surface area is 200 Å². The number of para-hydroxylation sites is 3. The smallest absolute Gasteiger partial charge is 0.414 e. The molecule has 7 heteroatoms. The van der Waals surface area contributed by atoms with Crippen LogP contribution in [0.15, 0.2) is 109 Å². The van der Waals surface area contributed by atoms with Gasteiger partial charge in [0.2, 0.25) is 0 Å². The van der Waals surface area contributed by atoms with Gasteiger partial charge < -0.3 is 14.4 Å². The normalized spacial score (nSPS) is 12.1. The van der Waals surface area contributed by atoms with Gasteiger partial charge in [0.1, 0.15) is 17.3 Å². The molecule has 4 rings (SSSR count). The molecule has 0 heterocycles. The molecule has 0 spiro atoms. The van der Waals surface area contributed by atoms with Gasteiger partial charge in [-0.3, -0.25) is 0 Å². The van der Waals surface area contributed by atoms with Crippen molar-refractivity contribution in [1.29, 1.82) is 0 Å². The number of halogens is 2. The van der Waals surface area contributed by atoms with Gasteiger partial charge in [-0.1, -0.05) is 66.7 Å². The lowest BCUT2D eigenvalue weighted by Gasteiger charge is -2.29. The van der Waals surface area contributed by atoms with E-state index in [0.29, 0.717) is 17.2 Å². The molecule has 1 atom stereocenters. The average Bonchev–Trinajstić information content (AvgIpc) is 2.80. The Balaban J connectivity index is 1.84. The summed E-state index contributed by atoms with van der Waals surface area (Å²) in [6.07, 6.45) is 0. The topological polar surface area (TPSA) is 47.6 Å². The van der Waals surface area contributed by atoms with E-state index in [-0.39, 0.29) is 5.56 Å². The van der Waals surface area contributed by atoms with Crippen LogP contribution in [0.3, 0.4) is 0 Å². The predicted octanol–water partition coefficient (Wildman–Crippen LogP) is 7.89. The number of hydrogen-bond acceptors (Lipinski definition) is 4. The molecule has 4 nitrogen and oxygen atoms in total. The minimum absolute atomic E-state index is 0.183. The molecule has 32 heavy (non-hydrogen) atoms. The number of benzene rings is 4. The second-order valence-corrected chi connectivity index (χ2v) is 10.0. The summed E-state index contributed by atoms with van der Waals surface area (Å²) in [5, 5.41) is 3.22. The zero-order valence-electron chi connectivity index (χ0n) is 16.9. The Bertz CT molecular complexity index is 1180. The van der Waals surface area contributed by atoms with Crippen molar-refractivity contribution in [3.05, 3.63) is 124 Å². The molecular formula is C25H20FINO3P. The van der Waals surface area contributed by atoms with E-state index in [1.807, 2.05) is 36.4 Å². The summed E-state index contributed by atoms with van der Waals surface area (Å²) in [4.78, 5) is 0. The maximum Gasteiger partial charge on any atom is 0.457 e. The van der Waals surface area contributed by atoms with Crippen LogP contribution in [0, 0.1) is 9.39 Å². The second-order valence-electron chi connectivity index (χ2n) is 6.90. The number of rotatable bonds is 8.